The van der Waals surface area contributed by atoms with Crippen LogP contribution in [-0.2, 0) is 0 Å². The van der Waals surface area contributed by atoms with Crippen LogP contribution in [0.15, 0.2) is 0 Å². The van der Waals surface area contributed by atoms with Gasteiger partial charge in [0, 0.05) is 0 Å². The van der Waals surface area contributed by atoms with Gasteiger partial charge >= 0.3 is 0 Å². The molecule has 0 aliphatic heterocycles. The highest BCUT2D eigenvalue weighted by molar-refractivity contribution is 4.51. The van der Waals surface area contributed by atoms with Gasteiger partial charge in [0.05, 0.1) is 54.4 Å². The van der Waals surface area contributed by atoms with Crippen molar-refractivity contribution in [3.8, 4) is 0 Å². The normalized spacial score (nSPS) is 12.5. The van der Waals surface area contributed by atoms with Gasteiger partial charge in [0.25, 0.3) is 0 Å². The Hall–Kier alpha value is -0.0800. The average molecular weight is 539 g/mol. The molecule has 0 atom stereocenters. The van der Waals surface area contributed by atoms with E-state index in [4.69, 9.17) is 0 Å². The molecule has 0 amide bonds. The molecule has 0 saturated carbocycles. The van der Waals surface area contributed by atoms with Crippen molar-refractivity contribution in [2.75, 3.05) is 54.4 Å². The maximum Gasteiger partial charge on any atom is 0.0782 e. The molecule has 2 heteroatoms. The minimum absolute atomic E-state index is 1.24. The monoisotopic (exact) mass is 539 g/mol. The molecule has 0 rings (SSSR count). The van der Waals surface area contributed by atoms with Crippen molar-refractivity contribution < 1.29 is 8.97 Å². The molecule has 38 heavy (non-hydrogen) atoms. The summed E-state index contributed by atoms with van der Waals surface area (Å²) in [7, 11) is 9.84. The summed E-state index contributed by atoms with van der Waals surface area (Å²) in [5.74, 6) is 0. The van der Waals surface area contributed by atoms with Crippen LogP contribution in [0.2, 0.25) is 0 Å². The average Bonchev–Trinajstić information content (AvgIpc) is 2.87. The van der Waals surface area contributed by atoms with Crippen molar-refractivity contribution >= 4 is 0 Å². The van der Waals surface area contributed by atoms with Gasteiger partial charge in [-0.2, -0.15) is 0 Å². The SMILES string of the molecule is CCCCCCCCCCCC[N+](C)(C)CCCCCCCC[N+](C)(C)CCCCCCCCCCCC. The van der Waals surface area contributed by atoms with Crippen LogP contribution in [0.4, 0.5) is 0 Å². The summed E-state index contributed by atoms with van der Waals surface area (Å²) in [4.78, 5) is 0. The molecule has 0 aliphatic rings. The first-order chi connectivity index (χ1) is 18.3. The summed E-state index contributed by atoms with van der Waals surface area (Å²) in [6, 6.07) is 0. The van der Waals surface area contributed by atoms with Gasteiger partial charge in [-0.3, -0.25) is 0 Å². The van der Waals surface area contributed by atoms with Crippen LogP contribution in [0.3, 0.4) is 0 Å². The highest BCUT2D eigenvalue weighted by atomic mass is 15.3. The Morgan fingerprint density at radius 2 is 0.395 bits per heavy atom. The molecular formula is C36H78N2+2. The Balaban J connectivity index is 3.49. The summed E-state index contributed by atoms with van der Waals surface area (Å²) in [5, 5.41) is 0. The number of nitrogens with zero attached hydrogens (tertiary/aromatic N) is 2. The number of quaternary nitrogens is 2. The van der Waals surface area contributed by atoms with Crippen molar-refractivity contribution in [1.82, 2.24) is 0 Å². The van der Waals surface area contributed by atoms with Gasteiger partial charge in [0.2, 0.25) is 0 Å². The molecule has 230 valence electrons. The molecular weight excluding hydrogens is 460 g/mol. The standard InChI is InChI=1S/C36H78N2/c1-7-9-11-13-15-17-19-21-25-29-33-37(3,4)35-31-27-23-24-28-32-36-38(5,6)34-30-26-22-20-18-16-14-12-10-8-2/h7-36H2,1-6H3/q+2. The van der Waals surface area contributed by atoms with E-state index in [1.807, 2.05) is 0 Å². The van der Waals surface area contributed by atoms with Gasteiger partial charge in [-0.05, 0) is 51.4 Å². The van der Waals surface area contributed by atoms with E-state index < -0.39 is 0 Å². The second kappa shape index (κ2) is 27.1. The molecule has 0 radical (unpaired) electrons. The molecule has 0 spiro atoms. The van der Waals surface area contributed by atoms with Crippen molar-refractivity contribution in [3.05, 3.63) is 0 Å². The van der Waals surface area contributed by atoms with Crippen LogP contribution in [-0.4, -0.2) is 63.3 Å². The molecule has 0 unspecified atom stereocenters. The van der Waals surface area contributed by atoms with Gasteiger partial charge in [0.15, 0.2) is 0 Å². The molecule has 0 aromatic carbocycles. The molecule has 0 bridgehead atoms. The van der Waals surface area contributed by atoms with Crippen molar-refractivity contribution in [2.45, 2.75) is 181 Å². The van der Waals surface area contributed by atoms with E-state index in [9.17, 15) is 0 Å². The highest BCUT2D eigenvalue weighted by Gasteiger charge is 2.15. The number of hydrogen-bond donors (Lipinski definition) is 0. The van der Waals surface area contributed by atoms with Crippen LogP contribution in [0.5, 0.6) is 0 Å². The second-order valence-electron chi connectivity index (χ2n) is 14.3. The lowest BCUT2D eigenvalue weighted by atomic mass is 10.1. The summed E-state index contributed by atoms with van der Waals surface area (Å²) in [5.41, 5.74) is 0. The third-order valence-electron chi connectivity index (χ3n) is 9.01. The summed E-state index contributed by atoms with van der Waals surface area (Å²) >= 11 is 0. The molecule has 0 N–H and O–H groups in total. The quantitative estimate of drug-likeness (QED) is 0.0608. The van der Waals surface area contributed by atoms with Gasteiger partial charge < -0.3 is 8.97 Å². The Bertz CT molecular complexity index is 414. The van der Waals surface area contributed by atoms with Gasteiger partial charge in [-0.25, -0.2) is 0 Å². The zero-order valence-electron chi connectivity index (χ0n) is 28.1. The van der Waals surface area contributed by atoms with E-state index in [0.717, 1.165) is 0 Å². The Morgan fingerprint density at radius 3 is 0.579 bits per heavy atom. The van der Waals surface area contributed by atoms with Crippen LogP contribution in [0, 0.1) is 0 Å². The summed E-state index contributed by atoms with van der Waals surface area (Å²) < 4.78 is 2.48. The van der Waals surface area contributed by atoms with E-state index in [-0.39, 0.29) is 0 Å². The smallest absolute Gasteiger partial charge is 0.0782 e. The molecule has 0 saturated heterocycles. The summed E-state index contributed by atoms with van der Waals surface area (Å²) in [6.45, 7) is 10.1. The number of hydrogen-bond acceptors (Lipinski definition) is 0. The first kappa shape index (κ1) is 37.9. The fourth-order valence-corrected chi connectivity index (χ4v) is 6.06. The van der Waals surface area contributed by atoms with Gasteiger partial charge in [-0.15, -0.1) is 0 Å². The zero-order chi connectivity index (χ0) is 28.2. The molecule has 0 fully saturated rings. The first-order valence-corrected chi connectivity index (χ1v) is 18.0. The van der Waals surface area contributed by atoms with Gasteiger partial charge in [0.1, 0.15) is 0 Å². The first-order valence-electron chi connectivity index (χ1n) is 18.0. The van der Waals surface area contributed by atoms with Crippen molar-refractivity contribution in [1.29, 1.82) is 0 Å². The highest BCUT2D eigenvalue weighted by Crippen LogP contribution is 2.15. The van der Waals surface area contributed by atoms with Crippen LogP contribution < -0.4 is 0 Å². The van der Waals surface area contributed by atoms with E-state index in [0.29, 0.717) is 0 Å². The van der Waals surface area contributed by atoms with Crippen LogP contribution >= 0.6 is 0 Å². The van der Waals surface area contributed by atoms with E-state index in [1.54, 1.807) is 0 Å². The lowest BCUT2D eigenvalue weighted by Crippen LogP contribution is -2.41. The Labute approximate surface area is 243 Å². The Morgan fingerprint density at radius 1 is 0.237 bits per heavy atom. The maximum absolute atomic E-state index is 2.46. The lowest BCUT2D eigenvalue weighted by molar-refractivity contribution is -0.890. The minimum Gasteiger partial charge on any atom is -0.328 e. The maximum atomic E-state index is 2.46. The zero-order valence-corrected chi connectivity index (χ0v) is 28.1. The fraction of sp³-hybridized carbons (Fsp3) is 1.00. The van der Waals surface area contributed by atoms with Crippen molar-refractivity contribution in [2.24, 2.45) is 0 Å². The molecule has 0 aromatic heterocycles. The minimum atomic E-state index is 1.24. The summed E-state index contributed by atoms with van der Waals surface area (Å²) in [6.07, 6.45) is 37.6. The van der Waals surface area contributed by atoms with E-state index in [1.165, 1.54) is 202 Å². The third-order valence-corrected chi connectivity index (χ3v) is 9.01. The van der Waals surface area contributed by atoms with Gasteiger partial charge in [-0.1, -0.05) is 129 Å². The fourth-order valence-electron chi connectivity index (χ4n) is 6.06. The number of rotatable bonds is 31. The predicted octanol–water partition coefficient (Wildman–Crippen LogP) is 11.3. The molecule has 2 nitrogen and oxygen atoms in total. The third kappa shape index (κ3) is 28.9. The lowest BCUT2D eigenvalue weighted by Gasteiger charge is -2.30. The largest absolute Gasteiger partial charge is 0.328 e. The topological polar surface area (TPSA) is 0 Å². The molecule has 0 heterocycles. The van der Waals surface area contributed by atoms with Crippen molar-refractivity contribution in [3.63, 3.8) is 0 Å². The number of unbranched alkanes of at least 4 members (excludes halogenated alkanes) is 23. The predicted molar refractivity (Wildman–Crippen MR) is 175 cm³/mol. The Kier molecular flexibility index (Phi) is 27.1. The molecule has 0 aliphatic carbocycles. The van der Waals surface area contributed by atoms with E-state index in [2.05, 4.69) is 42.0 Å². The van der Waals surface area contributed by atoms with E-state index >= 15 is 0 Å². The van der Waals surface area contributed by atoms with Crippen LogP contribution in [0.25, 0.3) is 0 Å². The van der Waals surface area contributed by atoms with Crippen LogP contribution in [0.1, 0.15) is 181 Å². The second-order valence-corrected chi connectivity index (χ2v) is 14.3. The molecule has 0 aromatic rings.